The normalized spacial score (nSPS) is 22.9. The van der Waals surface area contributed by atoms with Gasteiger partial charge in [-0.3, -0.25) is 0 Å². The summed E-state index contributed by atoms with van der Waals surface area (Å²) in [5, 5.41) is 19.3. The first-order valence-electron chi connectivity index (χ1n) is 5.56. The lowest BCUT2D eigenvalue weighted by atomic mass is 10.0. The van der Waals surface area contributed by atoms with Gasteiger partial charge in [0.1, 0.15) is 0 Å². The summed E-state index contributed by atoms with van der Waals surface area (Å²) in [6.45, 7) is 0.196. The van der Waals surface area contributed by atoms with E-state index in [2.05, 4.69) is 20.3 Å². The van der Waals surface area contributed by atoms with Gasteiger partial charge in [-0.05, 0) is 17.2 Å². The molecule has 1 aliphatic heterocycles. The van der Waals surface area contributed by atoms with Crippen LogP contribution in [0, 0.1) is 0 Å². The third kappa shape index (κ3) is 2.72. The molecule has 0 amide bonds. The summed E-state index contributed by atoms with van der Waals surface area (Å²) < 4.78 is 37.8. The molecule has 0 aromatic heterocycles. The summed E-state index contributed by atoms with van der Waals surface area (Å²) in [5.41, 5.74) is 1.12. The molecule has 20 heavy (non-hydrogen) atoms. The van der Waals surface area contributed by atoms with Crippen LogP contribution in [-0.2, 0) is 11.4 Å². The zero-order valence-electron chi connectivity index (χ0n) is 10.1. The highest BCUT2D eigenvalue weighted by Gasteiger charge is 2.60. The van der Waals surface area contributed by atoms with Crippen LogP contribution in [0.5, 0.6) is 0 Å². The summed E-state index contributed by atoms with van der Waals surface area (Å²) in [6.07, 6.45) is -5.68. The maximum absolute atomic E-state index is 12.6. The fraction of sp³-hybridized carbons (Fsp3) is 0.364. The van der Waals surface area contributed by atoms with E-state index in [1.54, 1.807) is 24.3 Å². The summed E-state index contributed by atoms with van der Waals surface area (Å²) in [4.78, 5) is 4.15. The molecule has 0 spiro atoms. The predicted octanol–water partition coefficient (Wildman–Crippen LogP) is 1.89. The van der Waals surface area contributed by atoms with Crippen molar-refractivity contribution in [3.05, 3.63) is 35.4 Å². The van der Waals surface area contributed by atoms with E-state index in [4.69, 9.17) is 5.84 Å². The highest BCUT2D eigenvalue weighted by atomic mass is 19.4. The minimum atomic E-state index is -4.91. The quantitative estimate of drug-likeness (QED) is 0.505. The molecular formula is C11H11F3N4O2. The lowest BCUT2D eigenvalue weighted by molar-refractivity contribution is -0.355. The van der Waals surface area contributed by atoms with Crippen molar-refractivity contribution in [3.63, 3.8) is 0 Å². The smallest absolute Gasteiger partial charge is 0.350 e. The van der Waals surface area contributed by atoms with Gasteiger partial charge < -0.3 is 15.8 Å². The second kappa shape index (κ2) is 5.08. The van der Waals surface area contributed by atoms with Gasteiger partial charge in [0.25, 0.3) is 0 Å². The van der Waals surface area contributed by atoms with Gasteiger partial charge in [-0.15, -0.1) is 0 Å². The number of hydrogen-bond donors (Lipinski definition) is 2. The van der Waals surface area contributed by atoms with Gasteiger partial charge in [-0.25, -0.2) is 0 Å². The Labute approximate surface area is 111 Å². The molecule has 0 fully saturated rings. The van der Waals surface area contributed by atoms with E-state index in [0.717, 1.165) is 0 Å². The lowest BCUT2D eigenvalue weighted by Gasteiger charge is -2.22. The van der Waals surface area contributed by atoms with Crippen molar-refractivity contribution in [1.82, 2.24) is 0 Å². The number of hydrogen-bond acceptors (Lipinski definition) is 5. The summed E-state index contributed by atoms with van der Waals surface area (Å²) in [5.74, 6) is 1.61. The van der Waals surface area contributed by atoms with Crippen LogP contribution >= 0.6 is 0 Å². The number of benzene rings is 1. The van der Waals surface area contributed by atoms with Gasteiger partial charge in [0, 0.05) is 0 Å². The Bertz CT molecular complexity index is 559. The van der Waals surface area contributed by atoms with Crippen molar-refractivity contribution in [2.45, 2.75) is 24.9 Å². The molecular weight excluding hydrogens is 277 g/mol. The molecule has 1 unspecified atom stereocenters. The first-order chi connectivity index (χ1) is 9.36. The predicted molar refractivity (Wildman–Crippen MR) is 62.4 cm³/mol. The first-order valence-corrected chi connectivity index (χ1v) is 5.56. The van der Waals surface area contributed by atoms with Crippen molar-refractivity contribution in [1.29, 1.82) is 0 Å². The van der Waals surface area contributed by atoms with Crippen LogP contribution in [-0.4, -0.2) is 22.8 Å². The fourth-order valence-corrected chi connectivity index (χ4v) is 1.70. The van der Waals surface area contributed by atoms with Crippen LogP contribution in [0.2, 0.25) is 0 Å². The number of nitrogens with zero attached hydrogens (tertiary/aromatic N) is 3. The van der Waals surface area contributed by atoms with Gasteiger partial charge in [0.05, 0.1) is 18.7 Å². The second-order valence-electron chi connectivity index (χ2n) is 4.20. The molecule has 2 rings (SSSR count). The molecule has 0 bridgehead atoms. The van der Waals surface area contributed by atoms with E-state index >= 15 is 0 Å². The van der Waals surface area contributed by atoms with E-state index in [0.29, 0.717) is 11.1 Å². The van der Waals surface area contributed by atoms with E-state index < -0.39 is 18.4 Å². The van der Waals surface area contributed by atoms with Gasteiger partial charge in [-0.2, -0.15) is 18.3 Å². The van der Waals surface area contributed by atoms with Gasteiger partial charge in [0.15, 0.2) is 0 Å². The summed E-state index contributed by atoms with van der Waals surface area (Å²) in [7, 11) is 0. The van der Waals surface area contributed by atoms with E-state index in [9.17, 15) is 18.3 Å². The minimum Gasteiger partial charge on any atom is -0.350 e. The molecule has 1 aromatic carbocycles. The van der Waals surface area contributed by atoms with E-state index in [1.807, 2.05) is 0 Å². The first kappa shape index (κ1) is 14.3. The van der Waals surface area contributed by atoms with Gasteiger partial charge >= 0.3 is 12.0 Å². The van der Waals surface area contributed by atoms with Crippen molar-refractivity contribution in [3.8, 4) is 0 Å². The molecule has 1 heterocycles. The second-order valence-corrected chi connectivity index (χ2v) is 4.20. The zero-order chi connectivity index (χ0) is 14.8. The lowest BCUT2D eigenvalue weighted by Crippen LogP contribution is -2.45. The number of alkyl halides is 3. The summed E-state index contributed by atoms with van der Waals surface area (Å²) in [6, 6.07) is 6.49. The van der Waals surface area contributed by atoms with Crippen molar-refractivity contribution < 1.29 is 23.1 Å². The molecule has 1 aromatic rings. The number of aliphatic hydroxyl groups is 1. The van der Waals surface area contributed by atoms with Gasteiger partial charge in [-0.1, -0.05) is 28.6 Å². The van der Waals surface area contributed by atoms with Crippen molar-refractivity contribution in [2.75, 3.05) is 0 Å². The van der Waals surface area contributed by atoms with Crippen LogP contribution < -0.4 is 5.84 Å². The molecule has 1 aliphatic rings. The third-order valence-corrected chi connectivity index (χ3v) is 2.75. The molecule has 0 saturated carbocycles. The Balaban J connectivity index is 2.18. The third-order valence-electron chi connectivity index (χ3n) is 2.75. The Morgan fingerprint density at radius 2 is 2.20 bits per heavy atom. The maximum Gasteiger partial charge on any atom is 0.458 e. The van der Waals surface area contributed by atoms with Crippen LogP contribution in [0.3, 0.4) is 0 Å². The fourth-order valence-electron chi connectivity index (χ4n) is 1.70. The Morgan fingerprint density at radius 1 is 1.45 bits per heavy atom. The number of halogens is 3. The SMILES string of the molecule is NN=NCc1cccc(C2=NOC(O)(C(F)(F)F)C2)c1. The minimum absolute atomic E-state index is 0.0105. The average molecular weight is 288 g/mol. The number of nitrogens with two attached hydrogens (primary N) is 1. The Kier molecular flexibility index (Phi) is 3.62. The molecule has 3 N–H and O–H groups in total. The van der Waals surface area contributed by atoms with Crippen molar-refractivity contribution in [2.24, 2.45) is 21.3 Å². The monoisotopic (exact) mass is 288 g/mol. The Morgan fingerprint density at radius 3 is 2.80 bits per heavy atom. The molecule has 0 radical (unpaired) electrons. The highest BCUT2D eigenvalue weighted by Crippen LogP contribution is 2.38. The van der Waals surface area contributed by atoms with Crippen LogP contribution in [0.4, 0.5) is 13.2 Å². The van der Waals surface area contributed by atoms with Crippen LogP contribution in [0.1, 0.15) is 17.5 Å². The number of rotatable bonds is 3. The molecule has 108 valence electrons. The Hall–Kier alpha value is -2.16. The van der Waals surface area contributed by atoms with Crippen molar-refractivity contribution >= 4 is 5.71 Å². The van der Waals surface area contributed by atoms with Crippen LogP contribution in [0.25, 0.3) is 0 Å². The molecule has 0 aliphatic carbocycles. The molecule has 6 nitrogen and oxygen atoms in total. The van der Waals surface area contributed by atoms with E-state index in [1.165, 1.54) is 0 Å². The number of oxime groups is 1. The van der Waals surface area contributed by atoms with Crippen LogP contribution in [0.15, 0.2) is 39.8 Å². The van der Waals surface area contributed by atoms with Gasteiger partial charge in [0.2, 0.25) is 0 Å². The largest absolute Gasteiger partial charge is 0.458 e. The molecule has 1 atom stereocenters. The topological polar surface area (TPSA) is 92.6 Å². The zero-order valence-corrected chi connectivity index (χ0v) is 10.1. The molecule has 0 saturated heterocycles. The average Bonchev–Trinajstić information content (AvgIpc) is 2.80. The summed E-state index contributed by atoms with van der Waals surface area (Å²) >= 11 is 0. The van der Waals surface area contributed by atoms with E-state index in [-0.39, 0.29) is 12.3 Å². The molecule has 9 heteroatoms. The standard InChI is InChI=1S/C11H11F3N4O2/c12-11(13,14)10(19)5-9(17-20-10)8-3-1-2-7(4-8)6-16-18-15/h1-4,19H,5-6H2,(H2,15,16). The maximum atomic E-state index is 12.6. The highest BCUT2D eigenvalue weighted by molar-refractivity contribution is 6.01.